The molecule has 146 valence electrons. The van der Waals surface area contributed by atoms with Gasteiger partial charge in [0.05, 0.1) is 0 Å². The van der Waals surface area contributed by atoms with E-state index < -0.39 is 0 Å². The molecular formula is C23H21N3O2S. The average Bonchev–Trinajstić information content (AvgIpc) is 3.18. The average molecular weight is 404 g/mol. The molecular weight excluding hydrogens is 382 g/mol. The summed E-state index contributed by atoms with van der Waals surface area (Å²) in [6.07, 6.45) is 1.77. The number of rotatable bonds is 5. The molecule has 2 aromatic heterocycles. The number of H-pyrrole nitrogens is 1. The Kier molecular flexibility index (Phi) is 5.11. The number of hydrogen-bond acceptors (Lipinski definition) is 4. The lowest BCUT2D eigenvalue weighted by Gasteiger charge is -2.10. The number of fused-ring (bicyclic) bond motifs is 1. The molecule has 5 nitrogen and oxygen atoms in total. The van der Waals surface area contributed by atoms with E-state index in [2.05, 4.69) is 9.97 Å². The van der Waals surface area contributed by atoms with Crippen LogP contribution in [-0.4, -0.2) is 20.3 Å². The molecule has 4 aromatic rings. The smallest absolute Gasteiger partial charge is 0.257 e. The lowest BCUT2D eigenvalue weighted by molar-refractivity contribution is 0.104. The molecule has 0 saturated heterocycles. The zero-order chi connectivity index (χ0) is 20.5. The molecule has 0 aliphatic carbocycles. The van der Waals surface area contributed by atoms with Crippen LogP contribution in [0.2, 0.25) is 0 Å². The molecule has 2 aromatic carbocycles. The quantitative estimate of drug-likeness (QED) is 0.305. The van der Waals surface area contributed by atoms with Crippen LogP contribution in [0.3, 0.4) is 0 Å². The largest absolute Gasteiger partial charge is 0.360 e. The van der Waals surface area contributed by atoms with Crippen molar-refractivity contribution in [3.63, 3.8) is 0 Å². The molecule has 0 aliphatic heterocycles. The molecule has 0 aliphatic rings. The predicted molar refractivity (Wildman–Crippen MR) is 117 cm³/mol. The van der Waals surface area contributed by atoms with Crippen LogP contribution in [-0.2, 0) is 12.8 Å². The number of benzene rings is 2. The maximum atomic E-state index is 12.9. The summed E-state index contributed by atoms with van der Waals surface area (Å²) in [5, 5.41) is 1.62. The number of carbonyl (C=O) groups excluding carboxylic acids is 1. The van der Waals surface area contributed by atoms with Gasteiger partial charge in [-0.3, -0.25) is 14.2 Å². The van der Waals surface area contributed by atoms with Gasteiger partial charge < -0.3 is 4.98 Å². The highest BCUT2D eigenvalue weighted by molar-refractivity contribution is 7.98. The maximum absolute atomic E-state index is 12.9. The van der Waals surface area contributed by atoms with Gasteiger partial charge in [0.15, 0.2) is 10.9 Å². The zero-order valence-corrected chi connectivity index (χ0v) is 17.3. The van der Waals surface area contributed by atoms with Crippen LogP contribution in [0.4, 0.5) is 0 Å². The topological polar surface area (TPSA) is 67.8 Å². The summed E-state index contributed by atoms with van der Waals surface area (Å²) >= 11 is 1.51. The number of aromatic amines is 1. The molecule has 1 N–H and O–H groups in total. The lowest BCUT2D eigenvalue weighted by atomic mass is 10.0. The van der Waals surface area contributed by atoms with Crippen LogP contribution in [0.1, 0.15) is 32.7 Å². The first-order valence-electron chi connectivity index (χ1n) is 9.32. The summed E-state index contributed by atoms with van der Waals surface area (Å²) in [6, 6.07) is 15.4. The number of nitrogens with one attached hydrogen (secondary N) is 1. The highest BCUT2D eigenvalue weighted by Gasteiger charge is 2.14. The van der Waals surface area contributed by atoms with Crippen molar-refractivity contribution >= 4 is 28.4 Å². The van der Waals surface area contributed by atoms with Crippen LogP contribution in [0, 0.1) is 13.8 Å². The molecule has 0 unspecified atom stereocenters. The Balaban J connectivity index is 1.51. The maximum Gasteiger partial charge on any atom is 0.257 e. The summed E-state index contributed by atoms with van der Waals surface area (Å²) in [7, 11) is 1.74. The van der Waals surface area contributed by atoms with Crippen molar-refractivity contribution < 1.29 is 4.79 Å². The van der Waals surface area contributed by atoms with Crippen molar-refractivity contribution in [3.8, 4) is 0 Å². The number of carbonyl (C=O) groups is 1. The van der Waals surface area contributed by atoms with Crippen molar-refractivity contribution in [1.29, 1.82) is 0 Å². The van der Waals surface area contributed by atoms with E-state index in [4.69, 9.17) is 0 Å². The Morgan fingerprint density at radius 2 is 1.83 bits per heavy atom. The van der Waals surface area contributed by atoms with Gasteiger partial charge in [0.2, 0.25) is 0 Å². The summed E-state index contributed by atoms with van der Waals surface area (Å²) in [5.41, 5.74) is 4.78. The SMILES string of the molecule is Cc1nc(SCc2ccc(C(=O)c3c[nH]c4ccccc34)cc2)n(C)c(=O)c1C. The second-order valence-corrected chi connectivity index (χ2v) is 7.97. The normalized spacial score (nSPS) is 11.1. The van der Waals surface area contributed by atoms with Crippen LogP contribution in [0.5, 0.6) is 0 Å². The molecule has 0 bridgehead atoms. The Morgan fingerprint density at radius 1 is 1.10 bits per heavy atom. The molecule has 0 fully saturated rings. The third kappa shape index (κ3) is 3.63. The molecule has 29 heavy (non-hydrogen) atoms. The van der Waals surface area contributed by atoms with Crippen molar-refractivity contribution in [2.75, 3.05) is 0 Å². The number of nitrogens with zero attached hydrogens (tertiary/aromatic N) is 2. The Labute approximate surface area is 172 Å². The van der Waals surface area contributed by atoms with Gasteiger partial charge in [0.25, 0.3) is 5.56 Å². The Bertz CT molecular complexity index is 1270. The Hall–Kier alpha value is -3.12. The highest BCUT2D eigenvalue weighted by Crippen LogP contribution is 2.23. The van der Waals surface area contributed by atoms with Gasteiger partial charge >= 0.3 is 0 Å². The minimum atomic E-state index is -0.0142. The molecule has 6 heteroatoms. The third-order valence-corrected chi connectivity index (χ3v) is 6.24. The number of hydrogen-bond donors (Lipinski definition) is 1. The number of ketones is 1. The van der Waals surface area contributed by atoms with Crippen LogP contribution < -0.4 is 5.56 Å². The standard InChI is InChI=1S/C23H21N3O2S/c1-14-15(2)25-23(26(3)22(14)28)29-13-16-8-10-17(11-9-16)21(27)19-12-24-20-7-5-4-6-18(19)20/h4-12,24H,13H2,1-3H3. The van der Waals surface area contributed by atoms with Gasteiger partial charge in [-0.05, 0) is 25.5 Å². The third-order valence-electron chi connectivity index (χ3n) is 5.14. The summed E-state index contributed by atoms with van der Waals surface area (Å²) in [6.45, 7) is 3.65. The molecule has 4 rings (SSSR count). The first kappa shape index (κ1) is 19.2. The number of aryl methyl sites for hydroxylation is 1. The van der Waals surface area contributed by atoms with Gasteiger partial charge in [-0.2, -0.15) is 0 Å². The molecule has 0 amide bonds. The van der Waals surface area contributed by atoms with Gasteiger partial charge in [0.1, 0.15) is 0 Å². The van der Waals surface area contributed by atoms with E-state index in [1.807, 2.05) is 55.5 Å². The van der Waals surface area contributed by atoms with Crippen molar-refractivity contribution in [1.82, 2.24) is 14.5 Å². The van der Waals surface area contributed by atoms with Crippen molar-refractivity contribution in [3.05, 3.63) is 93.0 Å². The fourth-order valence-electron chi connectivity index (χ4n) is 3.24. The number of para-hydroxylation sites is 1. The second kappa shape index (κ2) is 7.72. The fraction of sp³-hybridized carbons (Fsp3) is 0.174. The Morgan fingerprint density at radius 3 is 2.59 bits per heavy atom. The van der Waals surface area contributed by atoms with E-state index in [0.29, 0.717) is 27.6 Å². The van der Waals surface area contributed by atoms with Crippen LogP contribution in [0.25, 0.3) is 10.9 Å². The molecule has 0 atom stereocenters. The zero-order valence-electron chi connectivity index (χ0n) is 16.5. The number of thioether (sulfide) groups is 1. The minimum Gasteiger partial charge on any atom is -0.360 e. The molecule has 0 saturated carbocycles. The van der Waals surface area contributed by atoms with Gasteiger partial charge in [0, 0.05) is 52.3 Å². The van der Waals surface area contributed by atoms with E-state index in [1.54, 1.807) is 24.7 Å². The van der Waals surface area contributed by atoms with Gasteiger partial charge in [-0.25, -0.2) is 4.98 Å². The molecule has 0 spiro atoms. The van der Waals surface area contributed by atoms with E-state index in [-0.39, 0.29) is 11.3 Å². The predicted octanol–water partition coefficient (Wildman–Crippen LogP) is 4.40. The molecule has 2 heterocycles. The van der Waals surface area contributed by atoms with Gasteiger partial charge in [-0.15, -0.1) is 0 Å². The highest BCUT2D eigenvalue weighted by atomic mass is 32.2. The van der Waals surface area contributed by atoms with Crippen LogP contribution >= 0.6 is 11.8 Å². The van der Waals surface area contributed by atoms with Crippen molar-refractivity contribution in [2.24, 2.45) is 7.05 Å². The summed E-state index contributed by atoms with van der Waals surface area (Å²) < 4.78 is 1.59. The molecule has 0 radical (unpaired) electrons. The van der Waals surface area contributed by atoms with Gasteiger partial charge in [-0.1, -0.05) is 54.2 Å². The lowest BCUT2D eigenvalue weighted by Crippen LogP contribution is -2.23. The van der Waals surface area contributed by atoms with E-state index in [1.165, 1.54) is 11.8 Å². The summed E-state index contributed by atoms with van der Waals surface area (Å²) in [5.74, 6) is 0.671. The van der Waals surface area contributed by atoms with E-state index >= 15 is 0 Å². The fourth-order valence-corrected chi connectivity index (χ4v) is 4.21. The van der Waals surface area contributed by atoms with Crippen LogP contribution in [0.15, 0.2) is 64.7 Å². The summed E-state index contributed by atoms with van der Waals surface area (Å²) in [4.78, 5) is 32.8. The first-order chi connectivity index (χ1) is 14.0. The van der Waals surface area contributed by atoms with E-state index in [9.17, 15) is 9.59 Å². The first-order valence-corrected chi connectivity index (χ1v) is 10.3. The second-order valence-electron chi connectivity index (χ2n) is 7.03. The van der Waals surface area contributed by atoms with Crippen molar-refractivity contribution in [2.45, 2.75) is 24.8 Å². The monoisotopic (exact) mass is 403 g/mol. The van der Waals surface area contributed by atoms with E-state index in [0.717, 1.165) is 22.2 Å². The minimum absolute atomic E-state index is 0.000115. The number of aromatic nitrogens is 3.